The minimum absolute atomic E-state index is 0.0700. The van der Waals surface area contributed by atoms with Crippen molar-refractivity contribution in [1.29, 1.82) is 0 Å². The molecule has 19 heavy (non-hydrogen) atoms. The zero-order valence-corrected chi connectivity index (χ0v) is 12.1. The van der Waals surface area contributed by atoms with Crippen LogP contribution in [0.5, 0.6) is 5.75 Å². The van der Waals surface area contributed by atoms with Gasteiger partial charge in [-0.05, 0) is 37.5 Å². The van der Waals surface area contributed by atoms with E-state index in [9.17, 15) is 8.42 Å². The molecule has 0 heterocycles. The molecule has 2 rings (SSSR count). The molecule has 0 unspecified atom stereocenters. The summed E-state index contributed by atoms with van der Waals surface area (Å²) in [5, 5.41) is 3.19. The van der Waals surface area contributed by atoms with Crippen molar-refractivity contribution >= 4 is 15.7 Å². The Hall–Kier alpha value is -1.27. The summed E-state index contributed by atoms with van der Waals surface area (Å²) in [5.41, 5.74) is 1.48. The third-order valence-corrected chi connectivity index (χ3v) is 4.27. The zero-order chi connectivity index (χ0) is 13.9. The maximum absolute atomic E-state index is 12.0. The topological polar surface area (TPSA) is 67.4 Å². The van der Waals surface area contributed by atoms with Crippen molar-refractivity contribution < 1.29 is 13.2 Å². The Labute approximate surface area is 114 Å². The average Bonchev–Trinajstić information content (AvgIpc) is 3.12. The summed E-state index contributed by atoms with van der Waals surface area (Å²) >= 11 is 0. The number of nitrogens with one attached hydrogen (secondary N) is 2. The molecule has 0 atom stereocenters. The summed E-state index contributed by atoms with van der Waals surface area (Å²) in [5.74, 6) is 0.602. The lowest BCUT2D eigenvalue weighted by molar-refractivity contribution is 0.417. The Morgan fingerprint density at radius 1 is 1.37 bits per heavy atom. The zero-order valence-electron chi connectivity index (χ0n) is 11.3. The first-order valence-electron chi connectivity index (χ1n) is 6.39. The Balaban J connectivity index is 1.99. The molecule has 106 valence electrons. The van der Waals surface area contributed by atoms with Crippen LogP contribution in [0.3, 0.4) is 0 Å². The fourth-order valence-electron chi connectivity index (χ4n) is 1.81. The molecule has 6 heteroatoms. The normalized spacial score (nSPS) is 15.3. The van der Waals surface area contributed by atoms with Crippen molar-refractivity contribution in [2.75, 3.05) is 24.1 Å². The fourth-order valence-corrected chi connectivity index (χ4v) is 2.79. The van der Waals surface area contributed by atoms with Gasteiger partial charge in [0.15, 0.2) is 0 Å². The van der Waals surface area contributed by atoms with Crippen LogP contribution in [0.2, 0.25) is 0 Å². The minimum atomic E-state index is -3.34. The van der Waals surface area contributed by atoms with Crippen LogP contribution in [0.25, 0.3) is 0 Å². The van der Waals surface area contributed by atoms with Gasteiger partial charge in [0.05, 0.1) is 18.6 Å². The monoisotopic (exact) mass is 284 g/mol. The minimum Gasteiger partial charge on any atom is -0.495 e. The number of ether oxygens (including phenoxy) is 1. The number of hydrogen-bond donors (Lipinski definition) is 2. The Bertz CT molecular complexity index is 539. The van der Waals surface area contributed by atoms with E-state index in [0.29, 0.717) is 24.0 Å². The predicted molar refractivity (Wildman–Crippen MR) is 76.2 cm³/mol. The van der Waals surface area contributed by atoms with Crippen molar-refractivity contribution in [3.05, 3.63) is 23.8 Å². The molecular weight excluding hydrogens is 264 g/mol. The van der Waals surface area contributed by atoms with E-state index < -0.39 is 10.0 Å². The summed E-state index contributed by atoms with van der Waals surface area (Å²) in [6.45, 7) is 2.39. The van der Waals surface area contributed by atoms with E-state index in [4.69, 9.17) is 4.74 Å². The van der Waals surface area contributed by atoms with Gasteiger partial charge in [-0.15, -0.1) is 0 Å². The smallest absolute Gasteiger partial charge is 0.234 e. The molecule has 2 N–H and O–H groups in total. The predicted octanol–water partition coefficient (Wildman–Crippen LogP) is 1.50. The molecule has 1 aliphatic carbocycles. The number of benzene rings is 1. The highest BCUT2D eigenvalue weighted by Gasteiger charge is 2.21. The SMILES string of the molecule is COc1ccc(C)cc1NS(=O)(=O)CCNC1CC1. The largest absolute Gasteiger partial charge is 0.495 e. The van der Waals surface area contributed by atoms with Crippen LogP contribution in [-0.2, 0) is 10.0 Å². The second-order valence-corrected chi connectivity index (χ2v) is 6.69. The van der Waals surface area contributed by atoms with Crippen molar-refractivity contribution in [3.63, 3.8) is 0 Å². The van der Waals surface area contributed by atoms with E-state index in [1.165, 1.54) is 7.11 Å². The van der Waals surface area contributed by atoms with Gasteiger partial charge in [0.25, 0.3) is 0 Å². The molecule has 1 aromatic carbocycles. The number of methoxy groups -OCH3 is 1. The van der Waals surface area contributed by atoms with E-state index >= 15 is 0 Å². The Morgan fingerprint density at radius 2 is 2.11 bits per heavy atom. The van der Waals surface area contributed by atoms with Crippen molar-refractivity contribution in [2.24, 2.45) is 0 Å². The molecule has 0 saturated heterocycles. The first-order valence-corrected chi connectivity index (χ1v) is 8.04. The lowest BCUT2D eigenvalue weighted by atomic mass is 10.2. The van der Waals surface area contributed by atoms with Gasteiger partial charge in [-0.3, -0.25) is 4.72 Å². The highest BCUT2D eigenvalue weighted by molar-refractivity contribution is 7.92. The summed E-state index contributed by atoms with van der Waals surface area (Å²) in [7, 11) is -1.82. The van der Waals surface area contributed by atoms with Crippen molar-refractivity contribution in [2.45, 2.75) is 25.8 Å². The average molecular weight is 284 g/mol. The second kappa shape index (κ2) is 5.79. The lowest BCUT2D eigenvalue weighted by Crippen LogP contribution is -2.28. The fraction of sp³-hybridized carbons (Fsp3) is 0.538. The number of rotatable bonds is 7. The third kappa shape index (κ3) is 4.40. The summed E-state index contributed by atoms with van der Waals surface area (Å²) in [4.78, 5) is 0. The van der Waals surface area contributed by atoms with Gasteiger partial charge in [0.2, 0.25) is 10.0 Å². The van der Waals surface area contributed by atoms with Gasteiger partial charge in [0.1, 0.15) is 5.75 Å². The van der Waals surface area contributed by atoms with Crippen LogP contribution in [0.4, 0.5) is 5.69 Å². The number of sulfonamides is 1. The Morgan fingerprint density at radius 3 is 2.74 bits per heavy atom. The molecule has 1 fully saturated rings. The summed E-state index contributed by atoms with van der Waals surface area (Å²) < 4.78 is 31.7. The molecule has 1 saturated carbocycles. The first-order chi connectivity index (χ1) is 9.00. The third-order valence-electron chi connectivity index (χ3n) is 3.00. The number of anilines is 1. The van der Waals surface area contributed by atoms with Crippen LogP contribution in [0, 0.1) is 6.92 Å². The summed E-state index contributed by atoms with van der Waals surface area (Å²) in [6, 6.07) is 5.93. The van der Waals surface area contributed by atoms with Gasteiger partial charge >= 0.3 is 0 Å². The molecule has 0 aromatic heterocycles. The highest BCUT2D eigenvalue weighted by Crippen LogP contribution is 2.26. The van der Waals surface area contributed by atoms with Gasteiger partial charge < -0.3 is 10.1 Å². The van der Waals surface area contributed by atoms with E-state index in [2.05, 4.69) is 10.0 Å². The Kier molecular flexibility index (Phi) is 4.31. The maximum atomic E-state index is 12.0. The van der Waals surface area contributed by atoms with E-state index in [1.807, 2.05) is 13.0 Å². The van der Waals surface area contributed by atoms with Crippen LogP contribution in [0.15, 0.2) is 18.2 Å². The second-order valence-electron chi connectivity index (χ2n) is 4.85. The van der Waals surface area contributed by atoms with E-state index in [1.54, 1.807) is 12.1 Å². The van der Waals surface area contributed by atoms with Gasteiger partial charge in [-0.2, -0.15) is 0 Å². The van der Waals surface area contributed by atoms with Crippen molar-refractivity contribution in [3.8, 4) is 5.75 Å². The highest BCUT2D eigenvalue weighted by atomic mass is 32.2. The van der Waals surface area contributed by atoms with Gasteiger partial charge in [0, 0.05) is 12.6 Å². The van der Waals surface area contributed by atoms with Gasteiger partial charge in [-0.25, -0.2) is 8.42 Å². The quantitative estimate of drug-likeness (QED) is 0.796. The van der Waals surface area contributed by atoms with E-state index in [0.717, 1.165) is 18.4 Å². The van der Waals surface area contributed by atoms with Crippen LogP contribution >= 0.6 is 0 Å². The number of aryl methyl sites for hydroxylation is 1. The molecule has 0 bridgehead atoms. The molecule has 1 aliphatic rings. The number of hydrogen-bond acceptors (Lipinski definition) is 4. The van der Waals surface area contributed by atoms with Crippen LogP contribution < -0.4 is 14.8 Å². The van der Waals surface area contributed by atoms with Gasteiger partial charge in [-0.1, -0.05) is 6.07 Å². The van der Waals surface area contributed by atoms with E-state index in [-0.39, 0.29) is 5.75 Å². The molecule has 0 radical (unpaired) electrons. The van der Waals surface area contributed by atoms with Crippen LogP contribution in [-0.4, -0.2) is 33.9 Å². The first kappa shape index (κ1) is 14.1. The van der Waals surface area contributed by atoms with Crippen LogP contribution in [0.1, 0.15) is 18.4 Å². The molecule has 0 spiro atoms. The molecule has 5 nitrogen and oxygen atoms in total. The summed E-state index contributed by atoms with van der Waals surface area (Å²) in [6.07, 6.45) is 2.30. The standard InChI is InChI=1S/C13H20N2O3S/c1-10-3-6-13(18-2)12(9-10)15-19(16,17)8-7-14-11-4-5-11/h3,6,9,11,14-15H,4-5,7-8H2,1-2H3. The van der Waals surface area contributed by atoms with Crippen molar-refractivity contribution in [1.82, 2.24) is 5.32 Å². The molecule has 0 amide bonds. The lowest BCUT2D eigenvalue weighted by Gasteiger charge is -2.12. The maximum Gasteiger partial charge on any atom is 0.234 e. The molecule has 0 aliphatic heterocycles. The molecular formula is C13H20N2O3S. The molecule has 1 aromatic rings.